The molecule has 14 heavy (non-hydrogen) atoms. The molecule has 0 spiro atoms. The lowest BCUT2D eigenvalue weighted by molar-refractivity contribution is 0.823. The van der Waals surface area contributed by atoms with Crippen LogP contribution in [0.3, 0.4) is 0 Å². The minimum atomic E-state index is 0. The van der Waals surface area contributed by atoms with Crippen molar-refractivity contribution < 1.29 is 32.9 Å². The van der Waals surface area contributed by atoms with Gasteiger partial charge in [-0.3, -0.25) is 0 Å². The Labute approximate surface area is 83.1 Å². The molecule has 0 heterocycles. The number of nitrogens with two attached hydrogens (primary N) is 4. The Morgan fingerprint density at radius 2 is 0.429 bits per heavy atom. The van der Waals surface area contributed by atoms with Crippen LogP contribution in [0.15, 0.2) is 0 Å². The normalized spacial score (nSPS) is 4.29. The first-order valence-electron chi connectivity index (χ1n) is 2.63. The fourth-order valence-corrected chi connectivity index (χ4v) is 0. The first-order valence-corrected chi connectivity index (χ1v) is 2.63. The van der Waals surface area contributed by atoms with Crippen molar-refractivity contribution >= 4 is 0 Å². The largest absolute Gasteiger partial charge is 0.412 e. The topological polar surface area (TPSA) is 293 Å². The van der Waals surface area contributed by atoms with Crippen LogP contribution in [-0.2, 0) is 0 Å². The fraction of sp³-hybridized carbons (Fsp3) is 1.00. The summed E-state index contributed by atoms with van der Waals surface area (Å²) in [6, 6.07) is 0. The molecule has 0 atom stereocenters. The fourth-order valence-electron chi connectivity index (χ4n) is 0. The minimum Gasteiger partial charge on any atom is -0.412 e. The summed E-state index contributed by atoms with van der Waals surface area (Å²) < 4.78 is 0. The zero-order valence-corrected chi connectivity index (χ0v) is 8.14. The second-order valence-electron chi connectivity index (χ2n) is 1.15. The maximum Gasteiger partial charge on any atom is 0.00461 e. The maximum absolute atomic E-state index is 4.90. The van der Waals surface area contributed by atoms with Gasteiger partial charge in [-0.05, 0) is 0 Å². The summed E-state index contributed by atoms with van der Waals surface area (Å²) in [5, 5.41) is 0. The van der Waals surface area contributed by atoms with Gasteiger partial charge in [-0.15, -0.1) is 0 Å². The van der Waals surface area contributed by atoms with E-state index in [9.17, 15) is 0 Å². The molecule has 10 heteroatoms. The van der Waals surface area contributed by atoms with Crippen LogP contribution in [0.2, 0.25) is 0 Å². The van der Waals surface area contributed by atoms with E-state index in [0.717, 1.165) is 0 Å². The average Bonchev–Trinajstić information content (AvgIpc) is 1.88. The molecule has 0 saturated heterocycles. The summed E-state index contributed by atoms with van der Waals surface area (Å²) >= 11 is 0. The van der Waals surface area contributed by atoms with Gasteiger partial charge in [0.25, 0.3) is 0 Å². The van der Waals surface area contributed by atoms with Crippen molar-refractivity contribution in [1.29, 1.82) is 0 Å². The molecule has 0 unspecified atom stereocenters. The van der Waals surface area contributed by atoms with Gasteiger partial charge in [-0.2, -0.15) is 0 Å². The molecule has 0 aliphatic carbocycles. The molecule has 0 bridgehead atoms. The van der Waals surface area contributed by atoms with Crippen LogP contribution in [0.5, 0.6) is 0 Å². The van der Waals surface area contributed by atoms with Gasteiger partial charge in [0.05, 0.1) is 0 Å². The molecule has 0 aromatic heterocycles. The second-order valence-corrected chi connectivity index (χ2v) is 1.15. The molecule has 20 N–H and O–H groups in total. The smallest absolute Gasteiger partial charge is 0.00461 e. The van der Waals surface area contributed by atoms with E-state index < -0.39 is 0 Å². The Kier molecular flexibility index (Phi) is 643. The molecule has 0 aromatic rings. The monoisotopic (exact) mass is 228 g/mol. The summed E-state index contributed by atoms with van der Waals surface area (Å²) in [4.78, 5) is 0. The molecular formula is C4H28N4O6. The molecule has 0 radical (unpaired) electrons. The highest BCUT2D eigenvalue weighted by Gasteiger charge is 1.54. The third-order valence-electron chi connectivity index (χ3n) is 0.333. The summed E-state index contributed by atoms with van der Waals surface area (Å²) in [6.07, 6.45) is 0. The van der Waals surface area contributed by atoms with E-state index in [4.69, 9.17) is 22.9 Å². The molecule has 0 saturated carbocycles. The van der Waals surface area contributed by atoms with Gasteiger partial charge >= 0.3 is 0 Å². The van der Waals surface area contributed by atoms with Crippen molar-refractivity contribution in [2.75, 3.05) is 26.2 Å². The number of rotatable bonds is 2. The third kappa shape index (κ3) is 509. The second kappa shape index (κ2) is 131. The Balaban J connectivity index is -0.00000000600. The van der Waals surface area contributed by atoms with Gasteiger partial charge in [-0.25, -0.2) is 0 Å². The zero-order chi connectivity index (χ0) is 6.83. The lowest BCUT2D eigenvalue weighted by atomic mass is 10.7. The molecule has 0 aromatic carbocycles. The molecular weight excluding hydrogens is 200 g/mol. The molecule has 0 aliphatic rings. The van der Waals surface area contributed by atoms with Crippen molar-refractivity contribution in [3.05, 3.63) is 0 Å². The highest BCUT2D eigenvalue weighted by Crippen LogP contribution is 1.24. The van der Waals surface area contributed by atoms with Crippen molar-refractivity contribution in [3.63, 3.8) is 0 Å². The molecule has 0 aliphatic heterocycles. The Morgan fingerprint density at radius 3 is 0.429 bits per heavy atom. The average molecular weight is 228 g/mol. The van der Waals surface area contributed by atoms with Gasteiger partial charge in [0, 0.05) is 26.2 Å². The van der Waals surface area contributed by atoms with Crippen LogP contribution in [0.1, 0.15) is 0 Å². The first-order chi connectivity index (χ1) is 3.83. The van der Waals surface area contributed by atoms with Crippen LogP contribution in [-0.4, -0.2) is 59.0 Å². The van der Waals surface area contributed by atoms with Crippen LogP contribution in [0.4, 0.5) is 0 Å². The molecule has 0 fully saturated rings. The highest BCUT2D eigenvalue weighted by atomic mass is 16.0. The zero-order valence-electron chi connectivity index (χ0n) is 8.14. The van der Waals surface area contributed by atoms with Gasteiger partial charge in [0.1, 0.15) is 0 Å². The predicted octanol–water partition coefficient (Wildman–Crippen LogP) is -7.14. The summed E-state index contributed by atoms with van der Waals surface area (Å²) in [6.45, 7) is 2.39. The molecule has 100 valence electrons. The van der Waals surface area contributed by atoms with Gasteiger partial charge < -0.3 is 55.8 Å². The van der Waals surface area contributed by atoms with Crippen molar-refractivity contribution in [3.8, 4) is 0 Å². The standard InChI is InChI=1S/2C2H8N2.6H2O/c2*3-1-2-4;;;;;;/h2*1-4H2;6*1H2. The van der Waals surface area contributed by atoms with Gasteiger partial charge in [-0.1, -0.05) is 0 Å². The number of hydrogen-bond acceptors (Lipinski definition) is 4. The Hall–Kier alpha value is -0.400. The summed E-state index contributed by atoms with van der Waals surface area (Å²) in [5.74, 6) is 0. The van der Waals surface area contributed by atoms with Gasteiger partial charge in [0.2, 0.25) is 0 Å². The summed E-state index contributed by atoms with van der Waals surface area (Å²) in [5.41, 5.74) is 19.6. The van der Waals surface area contributed by atoms with E-state index in [1.807, 2.05) is 0 Å². The van der Waals surface area contributed by atoms with Crippen LogP contribution < -0.4 is 22.9 Å². The van der Waals surface area contributed by atoms with Crippen LogP contribution >= 0.6 is 0 Å². The maximum atomic E-state index is 4.90. The minimum absolute atomic E-state index is 0. The first kappa shape index (κ1) is 68.9. The van der Waals surface area contributed by atoms with Crippen molar-refractivity contribution in [1.82, 2.24) is 0 Å². The molecule has 0 rings (SSSR count). The van der Waals surface area contributed by atoms with E-state index in [1.54, 1.807) is 0 Å². The van der Waals surface area contributed by atoms with E-state index in [-0.39, 0.29) is 32.9 Å². The SMILES string of the molecule is NCCN.NCCN.O.O.O.O.O.O. The van der Waals surface area contributed by atoms with Gasteiger partial charge in [0.15, 0.2) is 0 Å². The van der Waals surface area contributed by atoms with Crippen molar-refractivity contribution in [2.45, 2.75) is 0 Å². The van der Waals surface area contributed by atoms with Crippen LogP contribution in [0, 0.1) is 0 Å². The van der Waals surface area contributed by atoms with E-state index >= 15 is 0 Å². The van der Waals surface area contributed by atoms with Crippen LogP contribution in [0.25, 0.3) is 0 Å². The predicted molar refractivity (Wildman–Crippen MR) is 57.9 cm³/mol. The quantitative estimate of drug-likeness (QED) is 0.357. The molecule has 0 amide bonds. The lowest BCUT2D eigenvalue weighted by Crippen LogP contribution is -2.11. The van der Waals surface area contributed by atoms with E-state index in [0.29, 0.717) is 26.2 Å². The van der Waals surface area contributed by atoms with E-state index in [2.05, 4.69) is 0 Å². The lowest BCUT2D eigenvalue weighted by Gasteiger charge is -1.72. The van der Waals surface area contributed by atoms with E-state index in [1.165, 1.54) is 0 Å². The van der Waals surface area contributed by atoms with Crippen molar-refractivity contribution in [2.24, 2.45) is 22.9 Å². The Morgan fingerprint density at radius 1 is 0.357 bits per heavy atom. The number of hydrogen-bond donors (Lipinski definition) is 4. The highest BCUT2D eigenvalue weighted by molar-refractivity contribution is 4.26. The Bertz CT molecular complexity index is 29.8. The summed E-state index contributed by atoms with van der Waals surface area (Å²) in [7, 11) is 0. The molecule has 10 nitrogen and oxygen atoms in total. The third-order valence-corrected chi connectivity index (χ3v) is 0.333.